The molecule has 0 aliphatic carbocycles. The van der Waals surface area contributed by atoms with Crippen LogP contribution < -0.4 is 19.8 Å². The highest BCUT2D eigenvalue weighted by atomic mass is 16.5. The van der Waals surface area contributed by atoms with Crippen molar-refractivity contribution in [3.8, 4) is 22.8 Å². The summed E-state index contributed by atoms with van der Waals surface area (Å²) in [5.74, 6) is 0.813. The normalized spacial score (nSPS) is 13.7. The Kier molecular flexibility index (Phi) is 10.5. The van der Waals surface area contributed by atoms with Gasteiger partial charge < -0.3 is 14.5 Å². The van der Waals surface area contributed by atoms with Gasteiger partial charge in [0.2, 0.25) is 5.84 Å². The molecule has 11 nitrogen and oxygen atoms in total. The number of hydrogen-bond donors (Lipinski definition) is 2. The molecule has 1 aromatic heterocycles. The number of methoxy groups -OCH3 is 2. The molecule has 2 heterocycles. The third-order valence-electron chi connectivity index (χ3n) is 9.64. The van der Waals surface area contributed by atoms with Gasteiger partial charge in [0.15, 0.2) is 11.5 Å². The van der Waals surface area contributed by atoms with Gasteiger partial charge in [0.25, 0.3) is 11.8 Å². The van der Waals surface area contributed by atoms with E-state index in [1.165, 1.54) is 7.11 Å². The lowest BCUT2D eigenvalue weighted by molar-refractivity contribution is -0.113. The molecule has 2 N–H and O–H groups in total. The maximum Gasteiger partial charge on any atom is 0.282 e. The van der Waals surface area contributed by atoms with Crippen molar-refractivity contribution in [2.75, 3.05) is 19.1 Å². The summed E-state index contributed by atoms with van der Waals surface area (Å²) in [6, 6.07) is 47.0. The second kappa shape index (κ2) is 16.4. The minimum absolute atomic E-state index is 0.144. The van der Waals surface area contributed by atoms with Gasteiger partial charge in [-0.1, -0.05) is 97.1 Å². The molecule has 0 unspecified atom stereocenters. The van der Waals surface area contributed by atoms with Crippen LogP contribution in [0.4, 0.5) is 11.4 Å². The van der Waals surface area contributed by atoms with Gasteiger partial charge in [-0.25, -0.2) is 10.4 Å². The summed E-state index contributed by atoms with van der Waals surface area (Å²) in [4.78, 5) is 38.0. The van der Waals surface area contributed by atoms with Gasteiger partial charge in [0.1, 0.15) is 11.5 Å². The fourth-order valence-corrected chi connectivity index (χ4v) is 6.65. The molecule has 1 aliphatic rings. The SMILES string of the molecule is COc1ccc(/C(N=Nc2ccccc2C)=N\NC(=O)c2ccc(N3C(=O)/C(=C/c4c(-c5ccccc5)[nH]c5ccccc45)N=C3c3ccccc3)cc2)cc1OC. The highest BCUT2D eigenvalue weighted by molar-refractivity contribution is 6.33. The van der Waals surface area contributed by atoms with E-state index in [4.69, 9.17) is 14.5 Å². The van der Waals surface area contributed by atoms with Crippen LogP contribution in [0.1, 0.15) is 32.6 Å². The van der Waals surface area contributed by atoms with E-state index in [9.17, 15) is 9.59 Å². The molecule has 1 aliphatic heterocycles. The van der Waals surface area contributed by atoms with E-state index in [0.29, 0.717) is 39.8 Å². The molecule has 284 valence electrons. The minimum Gasteiger partial charge on any atom is -0.493 e. The molecular weight excluding hydrogens is 727 g/mol. The third kappa shape index (κ3) is 7.52. The van der Waals surface area contributed by atoms with Crippen molar-refractivity contribution >= 4 is 51.8 Å². The number of nitrogens with one attached hydrogen (secondary N) is 2. The van der Waals surface area contributed by atoms with Crippen molar-refractivity contribution in [2.45, 2.75) is 6.92 Å². The van der Waals surface area contributed by atoms with Crippen LogP contribution in [0.5, 0.6) is 11.5 Å². The van der Waals surface area contributed by atoms with E-state index in [-0.39, 0.29) is 17.4 Å². The Hall–Kier alpha value is -7.92. The Morgan fingerprint density at radius 2 is 1.40 bits per heavy atom. The second-order valence-corrected chi connectivity index (χ2v) is 13.3. The highest BCUT2D eigenvalue weighted by Crippen LogP contribution is 2.35. The molecule has 0 radical (unpaired) electrons. The first kappa shape index (κ1) is 37.0. The van der Waals surface area contributed by atoms with Crippen molar-refractivity contribution < 1.29 is 19.1 Å². The molecule has 7 aromatic rings. The monoisotopic (exact) mass is 763 g/mol. The fraction of sp³-hybridized carbons (Fsp3) is 0.0638. The van der Waals surface area contributed by atoms with Crippen molar-refractivity contribution in [2.24, 2.45) is 20.3 Å². The quantitative estimate of drug-likeness (QED) is 0.0472. The van der Waals surface area contributed by atoms with E-state index in [2.05, 4.69) is 25.7 Å². The van der Waals surface area contributed by atoms with Crippen molar-refractivity contribution in [1.29, 1.82) is 0 Å². The molecule has 58 heavy (non-hydrogen) atoms. The van der Waals surface area contributed by atoms with E-state index in [0.717, 1.165) is 38.9 Å². The molecule has 0 spiro atoms. The van der Waals surface area contributed by atoms with E-state index < -0.39 is 5.91 Å². The summed E-state index contributed by atoms with van der Waals surface area (Å²) in [5.41, 5.74) is 10.3. The summed E-state index contributed by atoms with van der Waals surface area (Å²) in [6.45, 7) is 1.93. The van der Waals surface area contributed by atoms with Gasteiger partial charge in [0.05, 0.1) is 31.3 Å². The number of carbonyl (C=O) groups excluding carboxylic acids is 2. The van der Waals surface area contributed by atoms with E-state index >= 15 is 0 Å². The summed E-state index contributed by atoms with van der Waals surface area (Å²) in [7, 11) is 3.08. The maximum absolute atomic E-state index is 14.4. The molecule has 0 saturated carbocycles. The zero-order valence-corrected chi connectivity index (χ0v) is 31.9. The van der Waals surface area contributed by atoms with Crippen LogP contribution in [-0.2, 0) is 4.79 Å². The average Bonchev–Trinajstić information content (AvgIpc) is 3.81. The third-order valence-corrected chi connectivity index (χ3v) is 9.64. The maximum atomic E-state index is 14.4. The number of benzene rings is 6. The van der Waals surface area contributed by atoms with Crippen molar-refractivity contribution in [3.05, 3.63) is 185 Å². The molecule has 0 saturated heterocycles. The number of rotatable bonds is 10. The largest absolute Gasteiger partial charge is 0.493 e. The molecule has 0 bridgehead atoms. The number of hydrogen-bond acceptors (Lipinski definition) is 7. The van der Waals surface area contributed by atoms with Crippen LogP contribution in [0, 0.1) is 6.92 Å². The van der Waals surface area contributed by atoms with Crippen LogP contribution >= 0.6 is 0 Å². The fourth-order valence-electron chi connectivity index (χ4n) is 6.65. The van der Waals surface area contributed by atoms with Crippen molar-refractivity contribution in [3.63, 3.8) is 0 Å². The van der Waals surface area contributed by atoms with Crippen LogP contribution in [0.3, 0.4) is 0 Å². The number of aryl methyl sites for hydroxylation is 1. The van der Waals surface area contributed by atoms with Gasteiger partial charge in [-0.3, -0.25) is 14.5 Å². The number of nitrogens with zero attached hydrogens (tertiary/aromatic N) is 5. The van der Waals surface area contributed by atoms with Crippen LogP contribution in [0.2, 0.25) is 0 Å². The molecule has 8 rings (SSSR count). The number of carbonyl (C=O) groups is 2. The van der Waals surface area contributed by atoms with Gasteiger partial charge in [-0.2, -0.15) is 0 Å². The van der Waals surface area contributed by atoms with E-state index in [1.807, 2.05) is 122 Å². The number of anilines is 1. The van der Waals surface area contributed by atoms with Crippen molar-refractivity contribution in [1.82, 2.24) is 10.4 Å². The Balaban J connectivity index is 1.11. The smallest absolute Gasteiger partial charge is 0.282 e. The zero-order valence-electron chi connectivity index (χ0n) is 31.9. The number of azo groups is 1. The first-order chi connectivity index (χ1) is 28.4. The highest BCUT2D eigenvalue weighted by Gasteiger charge is 2.33. The number of ether oxygens (including phenoxy) is 2. The second-order valence-electron chi connectivity index (χ2n) is 13.3. The number of amides is 2. The van der Waals surface area contributed by atoms with Crippen LogP contribution in [-0.4, -0.2) is 42.7 Å². The predicted octanol–water partition coefficient (Wildman–Crippen LogP) is 9.87. The molecule has 11 heteroatoms. The number of aliphatic imine (C=N–C) groups is 1. The predicted molar refractivity (Wildman–Crippen MR) is 228 cm³/mol. The first-order valence-electron chi connectivity index (χ1n) is 18.5. The number of aromatic nitrogens is 1. The van der Waals surface area contributed by atoms with Crippen LogP contribution in [0.25, 0.3) is 28.2 Å². The Morgan fingerprint density at radius 3 is 2.12 bits per heavy atom. The average molecular weight is 764 g/mol. The standard InChI is InChI=1S/C47H37N7O4/c1-30-14-10-12-20-38(30)50-51-44(34-24-27-41(57-2)42(28-34)58-3)52-53-46(55)33-22-25-35(26-23-33)54-45(32-17-8-5-9-18-32)49-40(47(54)56)29-37-36-19-11-13-21-39(36)48-43(37)31-15-6-4-7-16-31/h4-29,48H,1-3H3,(H,53,55)/b40-29-,51-50?,52-44+. The Bertz CT molecular complexity index is 2770. The lowest BCUT2D eigenvalue weighted by Gasteiger charge is -2.19. The number of hydrazone groups is 1. The molecule has 0 fully saturated rings. The first-order valence-corrected chi connectivity index (χ1v) is 18.5. The van der Waals surface area contributed by atoms with Gasteiger partial charge in [0, 0.05) is 33.2 Å². The summed E-state index contributed by atoms with van der Waals surface area (Å²) < 4.78 is 10.9. The molecular formula is C47H37N7O4. The molecule has 6 aromatic carbocycles. The zero-order chi connectivity index (χ0) is 40.0. The number of H-pyrrole nitrogens is 1. The number of aromatic amines is 1. The van der Waals surface area contributed by atoms with Gasteiger partial charge in [-0.05, 0) is 78.7 Å². The van der Waals surface area contributed by atoms with Crippen LogP contribution in [0.15, 0.2) is 178 Å². The number of fused-ring (bicyclic) bond motifs is 1. The summed E-state index contributed by atoms with van der Waals surface area (Å²) >= 11 is 0. The molecule has 0 atom stereocenters. The summed E-state index contributed by atoms with van der Waals surface area (Å²) in [5, 5.41) is 14.2. The summed E-state index contributed by atoms with van der Waals surface area (Å²) in [6.07, 6.45) is 1.85. The van der Waals surface area contributed by atoms with E-state index in [1.54, 1.807) is 54.5 Å². The Morgan fingerprint density at radius 1 is 0.741 bits per heavy atom. The number of para-hydroxylation sites is 1. The van der Waals surface area contributed by atoms with Gasteiger partial charge in [-0.15, -0.1) is 15.3 Å². The molecule has 2 amide bonds. The lowest BCUT2D eigenvalue weighted by atomic mass is 10.0. The lowest BCUT2D eigenvalue weighted by Crippen LogP contribution is -2.32. The number of amidine groups is 2. The topological polar surface area (TPSA) is 133 Å². The minimum atomic E-state index is -0.492. The Labute approximate surface area is 334 Å². The van der Waals surface area contributed by atoms with Gasteiger partial charge >= 0.3 is 0 Å².